The largest absolute Gasteiger partial charge is 0.385 e. The lowest BCUT2D eigenvalue weighted by molar-refractivity contribution is -0.121. The average molecular weight is 251 g/mol. The van der Waals surface area contributed by atoms with E-state index in [9.17, 15) is 4.79 Å². The molecule has 18 heavy (non-hydrogen) atoms. The van der Waals surface area contributed by atoms with Gasteiger partial charge in [0.05, 0.1) is 0 Å². The van der Waals surface area contributed by atoms with Gasteiger partial charge in [-0.3, -0.25) is 9.78 Å². The van der Waals surface area contributed by atoms with Crippen LogP contribution < -0.4 is 10.6 Å². The number of carbonyl (C=O) groups excluding carboxylic acids is 1. The molecule has 5 nitrogen and oxygen atoms in total. The number of hydrogen-bond acceptors (Lipinski definition) is 4. The Hall–Kier alpha value is -1.46. The van der Waals surface area contributed by atoms with Gasteiger partial charge in [-0.2, -0.15) is 0 Å². The molecule has 0 unspecified atom stereocenters. The molecule has 0 aliphatic carbocycles. The van der Waals surface area contributed by atoms with E-state index in [0.717, 1.165) is 18.5 Å². The van der Waals surface area contributed by atoms with E-state index in [1.807, 2.05) is 18.3 Å². The molecule has 0 atom stereocenters. The molecule has 0 aliphatic heterocycles. The zero-order valence-corrected chi connectivity index (χ0v) is 10.8. The van der Waals surface area contributed by atoms with Gasteiger partial charge in [-0.1, -0.05) is 6.07 Å². The number of carbonyl (C=O) groups is 1. The monoisotopic (exact) mass is 251 g/mol. The Balaban J connectivity index is 1.99. The van der Waals surface area contributed by atoms with Crippen molar-refractivity contribution >= 4 is 5.91 Å². The lowest BCUT2D eigenvalue weighted by atomic mass is 10.3. The number of nitrogens with one attached hydrogen (secondary N) is 2. The van der Waals surface area contributed by atoms with Crippen LogP contribution in [0.1, 0.15) is 18.4 Å². The zero-order valence-electron chi connectivity index (χ0n) is 10.8. The highest BCUT2D eigenvalue weighted by Gasteiger charge is 1.99. The first-order chi connectivity index (χ1) is 8.83. The van der Waals surface area contributed by atoms with Crippen molar-refractivity contribution in [2.75, 3.05) is 26.8 Å². The van der Waals surface area contributed by atoms with E-state index >= 15 is 0 Å². The molecule has 1 amide bonds. The molecule has 0 saturated carbocycles. The lowest BCUT2D eigenvalue weighted by Crippen LogP contribution is -2.28. The van der Waals surface area contributed by atoms with Gasteiger partial charge in [-0.05, 0) is 18.1 Å². The van der Waals surface area contributed by atoms with Gasteiger partial charge in [0.1, 0.15) is 0 Å². The van der Waals surface area contributed by atoms with Crippen LogP contribution in [-0.2, 0) is 16.1 Å². The van der Waals surface area contributed by atoms with Gasteiger partial charge in [0.2, 0.25) is 5.91 Å². The van der Waals surface area contributed by atoms with Gasteiger partial charge < -0.3 is 15.4 Å². The summed E-state index contributed by atoms with van der Waals surface area (Å²) >= 11 is 0. The molecule has 100 valence electrons. The number of methoxy groups -OCH3 is 1. The minimum atomic E-state index is 0.0739. The molecule has 0 saturated heterocycles. The van der Waals surface area contributed by atoms with E-state index in [2.05, 4.69) is 15.6 Å². The zero-order chi connectivity index (χ0) is 13.1. The van der Waals surface area contributed by atoms with E-state index in [1.165, 1.54) is 0 Å². The van der Waals surface area contributed by atoms with E-state index < -0.39 is 0 Å². The molecule has 1 rings (SSSR count). The van der Waals surface area contributed by atoms with E-state index in [4.69, 9.17) is 4.74 Å². The maximum Gasteiger partial charge on any atom is 0.221 e. The van der Waals surface area contributed by atoms with Crippen LogP contribution in [0.15, 0.2) is 24.5 Å². The van der Waals surface area contributed by atoms with Crippen LogP contribution in [0.3, 0.4) is 0 Å². The highest BCUT2D eigenvalue weighted by molar-refractivity contribution is 5.75. The van der Waals surface area contributed by atoms with E-state index in [1.54, 1.807) is 13.3 Å². The fraction of sp³-hybridized carbons (Fsp3) is 0.538. The van der Waals surface area contributed by atoms with Gasteiger partial charge in [-0.15, -0.1) is 0 Å². The predicted octanol–water partition coefficient (Wildman–Crippen LogP) is 0.714. The second kappa shape index (κ2) is 9.56. The fourth-order valence-electron chi connectivity index (χ4n) is 1.47. The normalized spacial score (nSPS) is 10.3. The molecule has 1 aromatic heterocycles. The first-order valence-electron chi connectivity index (χ1n) is 6.18. The number of amides is 1. The molecule has 0 spiro atoms. The molecule has 5 heteroatoms. The maximum atomic E-state index is 11.4. The molecule has 2 N–H and O–H groups in total. The molecule has 1 heterocycles. The minimum absolute atomic E-state index is 0.0739. The van der Waals surface area contributed by atoms with Gasteiger partial charge >= 0.3 is 0 Å². The Morgan fingerprint density at radius 1 is 1.44 bits per heavy atom. The Morgan fingerprint density at radius 2 is 2.33 bits per heavy atom. The average Bonchev–Trinajstić information content (AvgIpc) is 2.41. The van der Waals surface area contributed by atoms with Crippen molar-refractivity contribution in [2.45, 2.75) is 19.4 Å². The summed E-state index contributed by atoms with van der Waals surface area (Å²) in [5.74, 6) is 0.0739. The van der Waals surface area contributed by atoms with Crippen LogP contribution in [-0.4, -0.2) is 37.7 Å². The molecule has 0 bridgehead atoms. The third-order valence-electron chi connectivity index (χ3n) is 2.43. The topological polar surface area (TPSA) is 63.2 Å². The Bertz CT molecular complexity index is 330. The first kappa shape index (κ1) is 14.6. The number of ether oxygens (including phenoxy) is 1. The summed E-state index contributed by atoms with van der Waals surface area (Å²) in [6.07, 6.45) is 4.91. The van der Waals surface area contributed by atoms with Gasteiger partial charge in [-0.25, -0.2) is 0 Å². The standard InChI is InChI=1S/C13H21N3O2/c1-18-9-3-7-16-13(17)5-8-15-11-12-4-2-6-14-10-12/h2,4,6,10,15H,3,5,7-9,11H2,1H3,(H,16,17). The second-order valence-electron chi connectivity index (χ2n) is 3.98. The van der Waals surface area contributed by atoms with Crippen LogP contribution >= 0.6 is 0 Å². The van der Waals surface area contributed by atoms with Crippen LogP contribution in [0.25, 0.3) is 0 Å². The van der Waals surface area contributed by atoms with Gasteiger partial charge in [0.25, 0.3) is 0 Å². The lowest BCUT2D eigenvalue weighted by Gasteiger charge is -2.06. The molecule has 0 fully saturated rings. The number of nitrogens with zero attached hydrogens (tertiary/aromatic N) is 1. The van der Waals surface area contributed by atoms with Gasteiger partial charge in [0, 0.05) is 52.2 Å². The summed E-state index contributed by atoms with van der Waals surface area (Å²) in [7, 11) is 1.66. The summed E-state index contributed by atoms with van der Waals surface area (Å²) in [4.78, 5) is 15.4. The first-order valence-corrected chi connectivity index (χ1v) is 6.18. The number of aromatic nitrogens is 1. The second-order valence-corrected chi connectivity index (χ2v) is 3.98. The Labute approximate surface area is 108 Å². The Morgan fingerprint density at radius 3 is 3.06 bits per heavy atom. The molecular formula is C13H21N3O2. The van der Waals surface area contributed by atoms with Crippen molar-refractivity contribution in [3.8, 4) is 0 Å². The summed E-state index contributed by atoms with van der Waals surface area (Å²) < 4.78 is 4.90. The van der Waals surface area contributed by atoms with Crippen molar-refractivity contribution in [3.05, 3.63) is 30.1 Å². The third-order valence-corrected chi connectivity index (χ3v) is 2.43. The van der Waals surface area contributed by atoms with E-state index in [-0.39, 0.29) is 5.91 Å². The van der Waals surface area contributed by atoms with Crippen molar-refractivity contribution in [2.24, 2.45) is 0 Å². The van der Waals surface area contributed by atoms with Crippen LogP contribution in [0.4, 0.5) is 0 Å². The van der Waals surface area contributed by atoms with Gasteiger partial charge in [0.15, 0.2) is 0 Å². The van der Waals surface area contributed by atoms with E-state index in [0.29, 0.717) is 26.1 Å². The number of hydrogen-bond donors (Lipinski definition) is 2. The molecule has 1 aromatic rings. The van der Waals surface area contributed by atoms with Crippen molar-refractivity contribution in [1.82, 2.24) is 15.6 Å². The Kier molecular flexibility index (Phi) is 7.75. The molecule has 0 aromatic carbocycles. The van der Waals surface area contributed by atoms with Crippen molar-refractivity contribution < 1.29 is 9.53 Å². The van der Waals surface area contributed by atoms with Crippen LogP contribution in [0, 0.1) is 0 Å². The summed E-state index contributed by atoms with van der Waals surface area (Å²) in [6, 6.07) is 3.91. The summed E-state index contributed by atoms with van der Waals surface area (Å²) in [5.41, 5.74) is 1.12. The third kappa shape index (κ3) is 6.98. The highest BCUT2D eigenvalue weighted by Crippen LogP contribution is 1.94. The highest BCUT2D eigenvalue weighted by atomic mass is 16.5. The van der Waals surface area contributed by atoms with Crippen LogP contribution in [0.2, 0.25) is 0 Å². The molecular weight excluding hydrogens is 230 g/mol. The summed E-state index contributed by atoms with van der Waals surface area (Å²) in [6.45, 7) is 2.77. The molecule has 0 radical (unpaired) electrons. The number of rotatable bonds is 9. The van der Waals surface area contributed by atoms with Crippen molar-refractivity contribution in [1.29, 1.82) is 0 Å². The summed E-state index contributed by atoms with van der Waals surface area (Å²) in [5, 5.41) is 6.05. The van der Waals surface area contributed by atoms with Crippen molar-refractivity contribution in [3.63, 3.8) is 0 Å². The molecule has 0 aliphatic rings. The predicted molar refractivity (Wildman–Crippen MR) is 70.1 cm³/mol. The fourth-order valence-corrected chi connectivity index (χ4v) is 1.47. The smallest absolute Gasteiger partial charge is 0.221 e. The minimum Gasteiger partial charge on any atom is -0.385 e. The maximum absolute atomic E-state index is 11.4. The quantitative estimate of drug-likeness (QED) is 0.635. The van der Waals surface area contributed by atoms with Crippen LogP contribution in [0.5, 0.6) is 0 Å². The SMILES string of the molecule is COCCCNC(=O)CCNCc1cccnc1. The number of pyridine rings is 1.